The van der Waals surface area contributed by atoms with E-state index in [1.54, 1.807) is 11.1 Å². The van der Waals surface area contributed by atoms with Gasteiger partial charge in [-0.3, -0.25) is 14.5 Å². The van der Waals surface area contributed by atoms with Gasteiger partial charge in [0.05, 0.1) is 12.0 Å². The Kier molecular flexibility index (Phi) is 5.22. The number of likely N-dealkylation sites (N-methyl/N-ethyl adjacent to an activating group) is 1. The number of para-hydroxylation sites is 1. The van der Waals surface area contributed by atoms with Crippen molar-refractivity contribution >= 4 is 17.5 Å². The molecule has 6 heteroatoms. The maximum Gasteiger partial charge on any atom is 0.249 e. The lowest BCUT2D eigenvalue weighted by molar-refractivity contribution is -0.138. The van der Waals surface area contributed by atoms with Crippen molar-refractivity contribution in [3.05, 3.63) is 76.9 Å². The number of aliphatic hydroxyl groups is 1. The Hall–Kier alpha value is -2.96. The van der Waals surface area contributed by atoms with Gasteiger partial charge < -0.3 is 10.5 Å². The van der Waals surface area contributed by atoms with Crippen molar-refractivity contribution in [1.82, 2.24) is 9.91 Å². The van der Waals surface area contributed by atoms with Crippen LogP contribution in [0.4, 0.5) is 5.69 Å². The zero-order valence-electron chi connectivity index (χ0n) is 17.7. The third-order valence-electron chi connectivity index (χ3n) is 6.07. The molecule has 0 radical (unpaired) electrons. The number of likely N-dealkylation sites (tertiary alicyclic amines) is 1. The number of nitrogens with zero attached hydrogens (tertiary/aromatic N) is 2. The van der Waals surface area contributed by atoms with E-state index in [9.17, 15) is 14.7 Å². The number of anilines is 1. The summed E-state index contributed by atoms with van der Waals surface area (Å²) in [5.74, 6) is -1.06. The number of carbonyl (C=O) groups excluding carboxylic acids is 2. The number of aliphatic hydroxyl groups excluding tert-OH is 1. The van der Waals surface area contributed by atoms with E-state index in [4.69, 9.17) is 0 Å². The highest BCUT2D eigenvalue weighted by atomic mass is 16.3. The molecule has 4 rings (SSSR count). The van der Waals surface area contributed by atoms with Gasteiger partial charge >= 0.3 is 0 Å². The summed E-state index contributed by atoms with van der Waals surface area (Å²) in [4.78, 5) is 26.7. The standard InChI is InChI=1S/C24H27N3O3/c1-14-12-15(2)20(16(3)13-14)22(28)19-11-10-18-21(24(30)26(4)23(18)29)27(19)25-17-8-6-5-7-9-17/h5-13,18-19,21-22,25,28H,1-4H3. The van der Waals surface area contributed by atoms with Gasteiger partial charge in [-0.1, -0.05) is 48.0 Å². The van der Waals surface area contributed by atoms with Crippen LogP contribution in [0.2, 0.25) is 0 Å². The van der Waals surface area contributed by atoms with Crippen molar-refractivity contribution in [3.63, 3.8) is 0 Å². The molecule has 156 valence electrons. The van der Waals surface area contributed by atoms with Crippen LogP contribution < -0.4 is 5.43 Å². The normalized spacial score (nSPS) is 24.8. The Morgan fingerprint density at radius 1 is 0.967 bits per heavy atom. The molecule has 0 spiro atoms. The lowest BCUT2D eigenvalue weighted by atomic mass is 9.87. The number of nitrogens with one attached hydrogen (secondary N) is 1. The molecule has 2 aromatic carbocycles. The lowest BCUT2D eigenvalue weighted by Crippen LogP contribution is -2.55. The number of rotatable bonds is 4. The Bertz CT molecular complexity index is 995. The fourth-order valence-electron chi connectivity index (χ4n) is 4.70. The molecule has 2 amide bonds. The van der Waals surface area contributed by atoms with Crippen LogP contribution in [0.5, 0.6) is 0 Å². The van der Waals surface area contributed by atoms with Gasteiger partial charge in [0.25, 0.3) is 0 Å². The largest absolute Gasteiger partial charge is 0.386 e. The molecule has 4 atom stereocenters. The molecule has 1 saturated heterocycles. The van der Waals surface area contributed by atoms with Crippen molar-refractivity contribution in [2.45, 2.75) is 39.0 Å². The Morgan fingerprint density at radius 2 is 1.60 bits per heavy atom. The fourth-order valence-corrected chi connectivity index (χ4v) is 4.70. The number of amides is 2. The highest BCUT2D eigenvalue weighted by Gasteiger charge is 2.52. The monoisotopic (exact) mass is 405 g/mol. The van der Waals surface area contributed by atoms with Crippen LogP contribution in [0, 0.1) is 26.7 Å². The van der Waals surface area contributed by atoms with Gasteiger partial charge in [-0.2, -0.15) is 0 Å². The molecule has 0 aromatic heterocycles. The zero-order chi connectivity index (χ0) is 21.6. The lowest BCUT2D eigenvalue weighted by Gasteiger charge is -2.41. The number of carbonyl (C=O) groups is 2. The van der Waals surface area contributed by atoms with E-state index in [-0.39, 0.29) is 11.8 Å². The van der Waals surface area contributed by atoms with Crippen molar-refractivity contribution in [2.75, 3.05) is 12.5 Å². The first-order valence-corrected chi connectivity index (χ1v) is 10.1. The Balaban J connectivity index is 1.77. The van der Waals surface area contributed by atoms with Gasteiger partial charge in [0, 0.05) is 12.7 Å². The molecule has 1 fully saturated rings. The Morgan fingerprint density at radius 3 is 2.23 bits per heavy atom. The molecule has 4 unspecified atom stereocenters. The summed E-state index contributed by atoms with van der Waals surface area (Å²) in [6.45, 7) is 6.00. The number of hydrazine groups is 1. The van der Waals surface area contributed by atoms with Gasteiger partial charge in [-0.05, 0) is 49.6 Å². The number of benzene rings is 2. The molecular weight excluding hydrogens is 378 g/mol. The van der Waals surface area contributed by atoms with E-state index in [1.807, 2.05) is 69.3 Å². The van der Waals surface area contributed by atoms with Gasteiger partial charge in [0.1, 0.15) is 12.1 Å². The van der Waals surface area contributed by atoms with Crippen LogP contribution in [0.15, 0.2) is 54.6 Å². The summed E-state index contributed by atoms with van der Waals surface area (Å²) in [7, 11) is 1.51. The molecule has 2 aliphatic rings. The molecule has 2 heterocycles. The minimum absolute atomic E-state index is 0.225. The van der Waals surface area contributed by atoms with Crippen LogP contribution in [0.25, 0.3) is 0 Å². The second kappa shape index (κ2) is 7.70. The van der Waals surface area contributed by atoms with Crippen molar-refractivity contribution < 1.29 is 14.7 Å². The van der Waals surface area contributed by atoms with E-state index in [0.717, 1.165) is 27.9 Å². The van der Waals surface area contributed by atoms with Gasteiger partial charge in [-0.25, -0.2) is 5.01 Å². The van der Waals surface area contributed by atoms with Crippen LogP contribution in [0.3, 0.4) is 0 Å². The minimum Gasteiger partial charge on any atom is -0.386 e. The second-order valence-corrected chi connectivity index (χ2v) is 8.22. The number of imide groups is 1. The van der Waals surface area contributed by atoms with Crippen molar-refractivity contribution in [2.24, 2.45) is 5.92 Å². The number of aryl methyl sites for hydroxylation is 3. The summed E-state index contributed by atoms with van der Waals surface area (Å²) in [5, 5.41) is 13.2. The first-order valence-electron chi connectivity index (χ1n) is 10.1. The fraction of sp³-hybridized carbons (Fsp3) is 0.333. The van der Waals surface area contributed by atoms with Crippen molar-refractivity contribution in [3.8, 4) is 0 Å². The first-order chi connectivity index (χ1) is 14.3. The first kappa shape index (κ1) is 20.3. The van der Waals surface area contributed by atoms with Crippen LogP contribution in [-0.2, 0) is 9.59 Å². The highest BCUT2D eigenvalue weighted by Crippen LogP contribution is 2.37. The summed E-state index contributed by atoms with van der Waals surface area (Å²) >= 11 is 0. The number of fused-ring (bicyclic) bond motifs is 1. The third kappa shape index (κ3) is 3.32. The Labute approximate surface area is 176 Å². The van der Waals surface area contributed by atoms with E-state index < -0.39 is 24.1 Å². The van der Waals surface area contributed by atoms with E-state index in [0.29, 0.717) is 0 Å². The van der Waals surface area contributed by atoms with Gasteiger partial charge in [-0.15, -0.1) is 0 Å². The average Bonchev–Trinajstić information content (AvgIpc) is 2.92. The summed E-state index contributed by atoms with van der Waals surface area (Å²) in [6, 6.07) is 12.4. The molecule has 0 saturated carbocycles. The molecule has 0 bridgehead atoms. The van der Waals surface area contributed by atoms with Crippen molar-refractivity contribution in [1.29, 1.82) is 0 Å². The number of hydrogen-bond acceptors (Lipinski definition) is 5. The minimum atomic E-state index is -0.868. The summed E-state index contributed by atoms with van der Waals surface area (Å²) in [6.07, 6.45) is 2.74. The molecular formula is C24H27N3O3. The predicted molar refractivity (Wildman–Crippen MR) is 115 cm³/mol. The molecule has 0 aliphatic carbocycles. The maximum absolute atomic E-state index is 12.9. The maximum atomic E-state index is 12.9. The molecule has 30 heavy (non-hydrogen) atoms. The second-order valence-electron chi connectivity index (χ2n) is 8.22. The van der Waals surface area contributed by atoms with Gasteiger partial charge in [0.15, 0.2) is 0 Å². The SMILES string of the molecule is Cc1cc(C)c(C(O)C2C=CC3C(=O)N(C)C(=O)C3N2Nc2ccccc2)c(C)c1. The molecule has 2 N–H and O–H groups in total. The predicted octanol–water partition coefficient (Wildman–Crippen LogP) is 2.90. The molecule has 6 nitrogen and oxygen atoms in total. The molecule has 2 aromatic rings. The zero-order valence-corrected chi connectivity index (χ0v) is 17.7. The van der Waals surface area contributed by atoms with E-state index >= 15 is 0 Å². The van der Waals surface area contributed by atoms with Gasteiger partial charge in [0.2, 0.25) is 11.8 Å². The number of hydrogen-bond donors (Lipinski definition) is 2. The van der Waals surface area contributed by atoms with E-state index in [1.165, 1.54) is 11.9 Å². The third-order valence-corrected chi connectivity index (χ3v) is 6.07. The van der Waals surface area contributed by atoms with Crippen LogP contribution in [-0.4, -0.2) is 46.0 Å². The average molecular weight is 405 g/mol. The topological polar surface area (TPSA) is 72.9 Å². The van der Waals surface area contributed by atoms with Crippen LogP contribution >= 0.6 is 0 Å². The van der Waals surface area contributed by atoms with Crippen LogP contribution in [0.1, 0.15) is 28.4 Å². The summed E-state index contributed by atoms with van der Waals surface area (Å²) < 4.78 is 0. The highest BCUT2D eigenvalue weighted by molar-refractivity contribution is 6.08. The van der Waals surface area contributed by atoms with E-state index in [2.05, 4.69) is 5.43 Å². The smallest absolute Gasteiger partial charge is 0.249 e. The molecule has 2 aliphatic heterocycles. The summed E-state index contributed by atoms with van der Waals surface area (Å²) in [5.41, 5.74) is 8.07. The quantitative estimate of drug-likeness (QED) is 0.605.